The van der Waals surface area contributed by atoms with Gasteiger partial charge in [0.1, 0.15) is 5.82 Å². The highest BCUT2D eigenvalue weighted by Gasteiger charge is 2.25. The van der Waals surface area contributed by atoms with Crippen LogP contribution in [0.4, 0.5) is 5.82 Å². The molecule has 0 aliphatic carbocycles. The number of amides is 1. The van der Waals surface area contributed by atoms with E-state index in [0.717, 1.165) is 42.2 Å². The summed E-state index contributed by atoms with van der Waals surface area (Å²) in [7, 11) is 1.84. The molecule has 1 aromatic carbocycles. The lowest BCUT2D eigenvalue weighted by Crippen LogP contribution is -2.37. The zero-order chi connectivity index (χ0) is 20.4. The molecule has 1 fully saturated rings. The minimum absolute atomic E-state index is 0.0799. The van der Waals surface area contributed by atoms with Gasteiger partial charge in [0.2, 0.25) is 0 Å². The van der Waals surface area contributed by atoms with Crippen molar-refractivity contribution in [3.05, 3.63) is 65.1 Å². The quantitative estimate of drug-likeness (QED) is 0.675. The van der Waals surface area contributed by atoms with Gasteiger partial charge in [-0.15, -0.1) is 0 Å². The molecule has 1 aliphatic rings. The van der Waals surface area contributed by atoms with Gasteiger partial charge in [0.05, 0.1) is 11.8 Å². The molecule has 4 rings (SSSR count). The van der Waals surface area contributed by atoms with E-state index in [-0.39, 0.29) is 17.8 Å². The monoisotopic (exact) mass is 410 g/mol. The first-order valence-corrected chi connectivity index (χ1v) is 9.88. The number of likely N-dealkylation sites (tertiary alicyclic amines) is 1. The third-order valence-corrected chi connectivity index (χ3v) is 5.38. The summed E-state index contributed by atoms with van der Waals surface area (Å²) in [5.41, 5.74) is 9.28. The third kappa shape index (κ3) is 4.58. The van der Waals surface area contributed by atoms with Crippen molar-refractivity contribution in [2.45, 2.75) is 19.0 Å². The van der Waals surface area contributed by atoms with Gasteiger partial charge in [0.25, 0.3) is 5.91 Å². The Morgan fingerprint density at radius 2 is 2.07 bits per heavy atom. The Hall–Kier alpha value is -2.90. The molecule has 3 heterocycles. The topological polar surface area (TPSA) is 89.1 Å². The fraction of sp³-hybridized carbons (Fsp3) is 0.286. The number of aromatic nitrogens is 3. The van der Waals surface area contributed by atoms with Crippen molar-refractivity contribution < 1.29 is 4.79 Å². The summed E-state index contributed by atoms with van der Waals surface area (Å²) >= 11 is 5.95. The van der Waals surface area contributed by atoms with Gasteiger partial charge in [-0.2, -0.15) is 5.10 Å². The van der Waals surface area contributed by atoms with E-state index in [1.807, 2.05) is 37.5 Å². The maximum atomic E-state index is 12.8. The number of nitrogens with zero attached hydrogens (tertiary/aromatic N) is 4. The third-order valence-electron chi connectivity index (χ3n) is 5.13. The van der Waals surface area contributed by atoms with Crippen LogP contribution < -0.4 is 11.1 Å². The smallest absolute Gasteiger partial charge is 0.255 e. The number of anilines is 1. The first-order chi connectivity index (χ1) is 14.0. The molecule has 0 spiro atoms. The average Bonchev–Trinajstić information content (AvgIpc) is 3.33. The maximum absolute atomic E-state index is 12.8. The van der Waals surface area contributed by atoms with Gasteiger partial charge in [0.15, 0.2) is 0 Å². The Morgan fingerprint density at radius 1 is 1.28 bits per heavy atom. The summed E-state index contributed by atoms with van der Waals surface area (Å²) in [6, 6.07) is 9.72. The fourth-order valence-corrected chi connectivity index (χ4v) is 3.72. The molecule has 1 saturated heterocycles. The van der Waals surface area contributed by atoms with Gasteiger partial charge in [-0.25, -0.2) is 4.98 Å². The number of nitrogen functional groups attached to an aromatic ring is 1. The molecule has 1 aliphatic heterocycles. The zero-order valence-electron chi connectivity index (χ0n) is 16.2. The van der Waals surface area contributed by atoms with E-state index in [1.165, 1.54) is 5.56 Å². The van der Waals surface area contributed by atoms with Crippen LogP contribution in [0.3, 0.4) is 0 Å². The van der Waals surface area contributed by atoms with Gasteiger partial charge in [0, 0.05) is 61.3 Å². The van der Waals surface area contributed by atoms with Crippen LogP contribution in [0, 0.1) is 0 Å². The van der Waals surface area contributed by atoms with Crippen LogP contribution in [0.5, 0.6) is 0 Å². The molecule has 1 atom stereocenters. The molecule has 150 valence electrons. The predicted molar refractivity (Wildman–Crippen MR) is 113 cm³/mol. The summed E-state index contributed by atoms with van der Waals surface area (Å²) in [5, 5.41) is 8.00. The number of halogens is 1. The van der Waals surface area contributed by atoms with Crippen molar-refractivity contribution >= 4 is 23.3 Å². The molecule has 0 unspecified atom stereocenters. The molecule has 8 heteroatoms. The molecular weight excluding hydrogens is 388 g/mol. The van der Waals surface area contributed by atoms with E-state index < -0.39 is 0 Å². The summed E-state index contributed by atoms with van der Waals surface area (Å²) in [4.78, 5) is 19.3. The number of nitrogens with one attached hydrogen (secondary N) is 1. The van der Waals surface area contributed by atoms with Gasteiger partial charge in [-0.3, -0.25) is 14.4 Å². The Kier molecular flexibility index (Phi) is 5.51. The molecule has 0 radical (unpaired) electrons. The molecule has 1 amide bonds. The van der Waals surface area contributed by atoms with Gasteiger partial charge < -0.3 is 11.1 Å². The van der Waals surface area contributed by atoms with Crippen LogP contribution in [-0.4, -0.2) is 44.7 Å². The van der Waals surface area contributed by atoms with E-state index in [9.17, 15) is 4.79 Å². The van der Waals surface area contributed by atoms with Crippen molar-refractivity contribution in [3.63, 3.8) is 0 Å². The second-order valence-electron chi connectivity index (χ2n) is 7.38. The van der Waals surface area contributed by atoms with Crippen LogP contribution in [0.1, 0.15) is 22.3 Å². The lowest BCUT2D eigenvalue weighted by atomic mass is 10.1. The number of pyridine rings is 1. The number of rotatable bonds is 5. The lowest BCUT2D eigenvalue weighted by molar-refractivity contribution is 0.0938. The molecule has 7 nitrogen and oxygen atoms in total. The van der Waals surface area contributed by atoms with Crippen molar-refractivity contribution in [1.82, 2.24) is 25.0 Å². The molecule has 3 aromatic rings. The highest BCUT2D eigenvalue weighted by atomic mass is 35.5. The van der Waals surface area contributed by atoms with Crippen molar-refractivity contribution in [2.24, 2.45) is 7.05 Å². The van der Waals surface area contributed by atoms with E-state index in [2.05, 4.69) is 20.3 Å². The Balaban J connectivity index is 1.40. The van der Waals surface area contributed by atoms with Crippen LogP contribution >= 0.6 is 11.6 Å². The van der Waals surface area contributed by atoms with Crippen LogP contribution in [0.2, 0.25) is 5.02 Å². The second kappa shape index (κ2) is 8.23. The molecule has 29 heavy (non-hydrogen) atoms. The van der Waals surface area contributed by atoms with E-state index in [1.54, 1.807) is 23.1 Å². The number of carbonyl (C=O) groups is 1. The highest BCUT2D eigenvalue weighted by Crippen LogP contribution is 2.22. The lowest BCUT2D eigenvalue weighted by Gasteiger charge is -2.17. The minimum atomic E-state index is -0.195. The summed E-state index contributed by atoms with van der Waals surface area (Å²) in [6.45, 7) is 2.56. The summed E-state index contributed by atoms with van der Waals surface area (Å²) in [6.07, 6.45) is 6.17. The molecular formula is C21H23ClN6O. The van der Waals surface area contributed by atoms with Crippen LogP contribution in [0.25, 0.3) is 11.1 Å². The standard InChI is InChI=1S/C21H23ClN6O/c1-27-12-16(10-25-27)15-8-19(20(23)24-9-15)21(29)26-18-6-7-28(13-18)11-14-2-4-17(22)5-3-14/h2-5,8-10,12,18H,6-7,11,13H2,1H3,(H2,23,24)(H,26,29)/t18-/m1/s1. The Bertz CT molecular complexity index is 1020. The van der Waals surface area contributed by atoms with Gasteiger partial charge in [-0.1, -0.05) is 23.7 Å². The molecule has 0 bridgehead atoms. The second-order valence-corrected chi connectivity index (χ2v) is 7.82. The first-order valence-electron chi connectivity index (χ1n) is 9.50. The predicted octanol–water partition coefficient (Wildman–Crippen LogP) is 2.72. The summed E-state index contributed by atoms with van der Waals surface area (Å²) in [5.74, 6) is 0.0326. The first kappa shape index (κ1) is 19.4. The Morgan fingerprint density at radius 3 is 2.79 bits per heavy atom. The largest absolute Gasteiger partial charge is 0.383 e. The molecule has 3 N–H and O–H groups in total. The van der Waals surface area contributed by atoms with E-state index >= 15 is 0 Å². The Labute approximate surface area is 174 Å². The number of carbonyl (C=O) groups excluding carboxylic acids is 1. The number of nitrogens with two attached hydrogens (primary N) is 1. The van der Waals surface area contributed by atoms with Gasteiger partial charge >= 0.3 is 0 Å². The number of aryl methyl sites for hydroxylation is 1. The van der Waals surface area contributed by atoms with Crippen molar-refractivity contribution in [3.8, 4) is 11.1 Å². The zero-order valence-corrected chi connectivity index (χ0v) is 16.9. The normalized spacial score (nSPS) is 16.8. The summed E-state index contributed by atoms with van der Waals surface area (Å²) < 4.78 is 1.71. The number of hydrogen-bond donors (Lipinski definition) is 2. The van der Waals surface area contributed by atoms with E-state index in [4.69, 9.17) is 17.3 Å². The molecule has 0 saturated carbocycles. The van der Waals surface area contributed by atoms with Crippen molar-refractivity contribution in [1.29, 1.82) is 0 Å². The fourth-order valence-electron chi connectivity index (χ4n) is 3.59. The highest BCUT2D eigenvalue weighted by molar-refractivity contribution is 6.30. The SMILES string of the molecule is Cn1cc(-c2cnc(N)c(C(=O)N[C@@H]3CCN(Cc4ccc(Cl)cc4)C3)c2)cn1. The minimum Gasteiger partial charge on any atom is -0.383 e. The van der Waals surface area contributed by atoms with Crippen LogP contribution in [0.15, 0.2) is 48.9 Å². The van der Waals surface area contributed by atoms with Gasteiger partial charge in [-0.05, 0) is 30.2 Å². The molecule has 2 aromatic heterocycles. The van der Waals surface area contributed by atoms with Crippen LogP contribution in [-0.2, 0) is 13.6 Å². The number of benzene rings is 1. The average molecular weight is 411 g/mol. The maximum Gasteiger partial charge on any atom is 0.255 e. The van der Waals surface area contributed by atoms with Crippen molar-refractivity contribution in [2.75, 3.05) is 18.8 Å². The van der Waals surface area contributed by atoms with E-state index in [0.29, 0.717) is 5.56 Å². The number of hydrogen-bond acceptors (Lipinski definition) is 5.